The van der Waals surface area contributed by atoms with Crippen molar-refractivity contribution >= 4 is 17.8 Å². The van der Waals surface area contributed by atoms with E-state index in [2.05, 4.69) is 0 Å². The van der Waals surface area contributed by atoms with Crippen LogP contribution in [0.1, 0.15) is 19.4 Å². The molecule has 0 bridgehead atoms. The summed E-state index contributed by atoms with van der Waals surface area (Å²) < 4.78 is 42.9. The second kappa shape index (κ2) is 3.98. The summed E-state index contributed by atoms with van der Waals surface area (Å²) in [6.45, 7) is 3.26. The first-order valence-corrected chi connectivity index (χ1v) is 5.85. The molecule has 5 heteroatoms. The molecular formula is C12H11F3OS. The molecule has 1 aromatic carbocycles. The van der Waals surface area contributed by atoms with Crippen molar-refractivity contribution in [3.05, 3.63) is 34.7 Å². The van der Waals surface area contributed by atoms with Crippen molar-refractivity contribution in [2.45, 2.75) is 25.0 Å². The maximum atomic E-state index is 12.4. The van der Waals surface area contributed by atoms with Crippen LogP contribution < -0.4 is 4.74 Å². The van der Waals surface area contributed by atoms with Gasteiger partial charge in [0.15, 0.2) is 0 Å². The van der Waals surface area contributed by atoms with Crippen molar-refractivity contribution in [3.8, 4) is 5.75 Å². The van der Waals surface area contributed by atoms with Gasteiger partial charge in [0.05, 0.1) is 0 Å². The van der Waals surface area contributed by atoms with E-state index >= 15 is 0 Å². The minimum atomic E-state index is -4.29. The number of thioether (sulfide) groups is 1. The Balaban J connectivity index is 2.40. The third-order valence-corrected chi connectivity index (χ3v) is 3.45. The second-order valence-corrected chi connectivity index (χ2v) is 5.31. The fourth-order valence-electron chi connectivity index (χ4n) is 1.61. The van der Waals surface area contributed by atoms with Gasteiger partial charge in [0.1, 0.15) is 11.4 Å². The number of ether oxygens (including phenoxy) is 1. The summed E-state index contributed by atoms with van der Waals surface area (Å²) in [4.78, 5) is 0.170. The highest BCUT2D eigenvalue weighted by atomic mass is 32.2. The Morgan fingerprint density at radius 3 is 2.47 bits per heavy atom. The molecule has 0 amide bonds. The van der Waals surface area contributed by atoms with E-state index in [1.165, 1.54) is 6.08 Å². The van der Waals surface area contributed by atoms with Gasteiger partial charge in [-0.1, -0.05) is 18.2 Å². The molecule has 1 aliphatic rings. The molecule has 0 spiro atoms. The number of alkyl halides is 3. The number of halogens is 3. The van der Waals surface area contributed by atoms with Crippen LogP contribution in [0.25, 0.3) is 6.08 Å². The zero-order valence-electron chi connectivity index (χ0n) is 9.34. The van der Waals surface area contributed by atoms with Crippen LogP contribution in [-0.4, -0.2) is 11.1 Å². The molecule has 0 N–H and O–H groups in total. The number of fused-ring (bicyclic) bond motifs is 1. The lowest BCUT2D eigenvalue weighted by molar-refractivity contribution is -0.0328. The van der Waals surface area contributed by atoms with Crippen LogP contribution in [0.2, 0.25) is 0 Å². The van der Waals surface area contributed by atoms with Gasteiger partial charge in [-0.3, -0.25) is 0 Å². The van der Waals surface area contributed by atoms with E-state index in [-0.39, 0.29) is 16.7 Å². The third kappa shape index (κ3) is 2.77. The van der Waals surface area contributed by atoms with E-state index in [0.29, 0.717) is 11.3 Å². The van der Waals surface area contributed by atoms with Gasteiger partial charge < -0.3 is 4.74 Å². The molecule has 0 radical (unpaired) electrons. The van der Waals surface area contributed by atoms with Gasteiger partial charge in [-0.25, -0.2) is 0 Å². The first-order chi connectivity index (χ1) is 7.78. The Hall–Kier alpha value is -1.10. The van der Waals surface area contributed by atoms with Crippen molar-refractivity contribution in [2.24, 2.45) is 0 Å². The predicted octanol–water partition coefficient (Wildman–Crippen LogP) is 4.45. The summed E-state index contributed by atoms with van der Waals surface area (Å²) >= 11 is -0.116. The standard InChI is InChI=1S/C12H11F3OS/c1-11(2)10(17-12(13,14)15)7-8-5-3-4-6-9(8)16-11/h3-7H,1-2H3. The fraction of sp³-hybridized carbons (Fsp3) is 0.333. The van der Waals surface area contributed by atoms with Crippen LogP contribution in [0.5, 0.6) is 5.75 Å². The highest BCUT2D eigenvalue weighted by Gasteiger charge is 2.39. The summed E-state index contributed by atoms with van der Waals surface area (Å²) in [6.07, 6.45) is 1.54. The first kappa shape index (κ1) is 12.4. The average Bonchev–Trinajstić information content (AvgIpc) is 2.16. The molecule has 1 aliphatic heterocycles. The smallest absolute Gasteiger partial charge is 0.446 e. The Bertz CT molecular complexity index is 463. The predicted molar refractivity (Wildman–Crippen MR) is 62.8 cm³/mol. The normalized spacial score (nSPS) is 18.1. The van der Waals surface area contributed by atoms with E-state index in [4.69, 9.17) is 4.74 Å². The molecule has 1 heterocycles. The summed E-state index contributed by atoms with van der Waals surface area (Å²) in [5.74, 6) is 0.615. The zero-order valence-corrected chi connectivity index (χ0v) is 10.2. The number of para-hydroxylation sites is 1. The number of benzene rings is 1. The van der Waals surface area contributed by atoms with E-state index < -0.39 is 11.1 Å². The lowest BCUT2D eigenvalue weighted by Crippen LogP contribution is -2.33. The number of hydrogen-bond donors (Lipinski definition) is 0. The molecule has 17 heavy (non-hydrogen) atoms. The van der Waals surface area contributed by atoms with E-state index in [0.717, 1.165) is 0 Å². The molecule has 0 saturated carbocycles. The van der Waals surface area contributed by atoms with Crippen LogP contribution in [0, 0.1) is 0 Å². The Labute approximate surface area is 102 Å². The van der Waals surface area contributed by atoms with Gasteiger partial charge >= 0.3 is 5.51 Å². The highest BCUT2D eigenvalue weighted by Crippen LogP contribution is 2.46. The molecule has 0 aliphatic carbocycles. The fourth-order valence-corrected chi connectivity index (χ4v) is 2.33. The maximum absolute atomic E-state index is 12.4. The van der Waals surface area contributed by atoms with Crippen LogP contribution in [0.15, 0.2) is 29.2 Å². The molecule has 92 valence electrons. The largest absolute Gasteiger partial charge is 0.482 e. The molecule has 0 unspecified atom stereocenters. The molecule has 0 fully saturated rings. The topological polar surface area (TPSA) is 9.23 Å². The lowest BCUT2D eigenvalue weighted by Gasteiger charge is -2.33. The van der Waals surface area contributed by atoms with Crippen LogP contribution >= 0.6 is 11.8 Å². The van der Waals surface area contributed by atoms with Crippen molar-refractivity contribution in [2.75, 3.05) is 0 Å². The van der Waals surface area contributed by atoms with Gasteiger partial charge in [-0.05, 0) is 37.8 Å². The summed E-state index contributed by atoms with van der Waals surface area (Å²) in [5.41, 5.74) is -4.56. The second-order valence-electron chi connectivity index (χ2n) is 4.21. The van der Waals surface area contributed by atoms with Crippen LogP contribution in [-0.2, 0) is 0 Å². The van der Waals surface area contributed by atoms with E-state index in [9.17, 15) is 13.2 Å². The average molecular weight is 260 g/mol. The Morgan fingerprint density at radius 2 is 1.82 bits per heavy atom. The Morgan fingerprint density at radius 1 is 1.18 bits per heavy atom. The third-order valence-electron chi connectivity index (χ3n) is 2.39. The van der Waals surface area contributed by atoms with E-state index in [1.54, 1.807) is 38.1 Å². The van der Waals surface area contributed by atoms with Gasteiger partial charge in [0.25, 0.3) is 0 Å². The Kier molecular flexibility index (Phi) is 2.89. The highest BCUT2D eigenvalue weighted by molar-refractivity contribution is 8.04. The molecule has 2 rings (SSSR count). The minimum Gasteiger partial charge on any atom is -0.482 e. The van der Waals surface area contributed by atoms with Crippen LogP contribution in [0.3, 0.4) is 0 Å². The molecule has 0 aromatic heterocycles. The van der Waals surface area contributed by atoms with Crippen molar-refractivity contribution < 1.29 is 17.9 Å². The van der Waals surface area contributed by atoms with Crippen LogP contribution in [0.4, 0.5) is 13.2 Å². The van der Waals surface area contributed by atoms with Gasteiger partial charge in [-0.15, -0.1) is 0 Å². The minimum absolute atomic E-state index is 0.116. The van der Waals surface area contributed by atoms with Crippen molar-refractivity contribution in [1.82, 2.24) is 0 Å². The maximum Gasteiger partial charge on any atom is 0.446 e. The molecule has 1 nitrogen and oxygen atoms in total. The quantitative estimate of drug-likeness (QED) is 0.737. The molecule has 0 saturated heterocycles. The lowest BCUT2D eigenvalue weighted by atomic mass is 10.0. The van der Waals surface area contributed by atoms with Crippen molar-refractivity contribution in [3.63, 3.8) is 0 Å². The number of rotatable bonds is 1. The monoisotopic (exact) mass is 260 g/mol. The SMILES string of the molecule is CC1(C)Oc2ccccc2C=C1SC(F)(F)F. The van der Waals surface area contributed by atoms with Gasteiger partial charge in [0.2, 0.25) is 0 Å². The molecule has 0 atom stereocenters. The van der Waals surface area contributed by atoms with Gasteiger partial charge in [-0.2, -0.15) is 13.2 Å². The van der Waals surface area contributed by atoms with Crippen molar-refractivity contribution in [1.29, 1.82) is 0 Å². The summed E-state index contributed by atoms with van der Waals surface area (Å²) in [6, 6.07) is 7.06. The van der Waals surface area contributed by atoms with E-state index in [1.807, 2.05) is 0 Å². The zero-order chi connectivity index (χ0) is 12.7. The van der Waals surface area contributed by atoms with Gasteiger partial charge in [0, 0.05) is 10.5 Å². The molecule has 1 aromatic rings. The first-order valence-electron chi connectivity index (χ1n) is 5.04. The summed E-state index contributed by atoms with van der Waals surface area (Å²) in [5, 5.41) is 0. The summed E-state index contributed by atoms with van der Waals surface area (Å²) in [7, 11) is 0. The molecular weight excluding hydrogens is 249 g/mol. The number of hydrogen-bond acceptors (Lipinski definition) is 2.